The summed E-state index contributed by atoms with van der Waals surface area (Å²) in [6.45, 7) is 1.69. The third-order valence-electron chi connectivity index (χ3n) is 6.44. The first-order valence-electron chi connectivity index (χ1n) is 12.0. The van der Waals surface area contributed by atoms with E-state index in [9.17, 15) is 27.6 Å². The number of carbonyl (C=O) groups excluding carboxylic acids is 3. The zero-order valence-corrected chi connectivity index (χ0v) is 19.5. The van der Waals surface area contributed by atoms with Gasteiger partial charge < -0.3 is 20.2 Å². The van der Waals surface area contributed by atoms with E-state index in [4.69, 9.17) is 4.74 Å². The Morgan fingerprint density at radius 2 is 1.69 bits per heavy atom. The molecular formula is C24H32F3N3O5. The topological polar surface area (TPSA) is 97.0 Å². The Hall–Kier alpha value is -2.82. The van der Waals surface area contributed by atoms with Gasteiger partial charge in [-0.25, -0.2) is 9.59 Å². The van der Waals surface area contributed by atoms with Gasteiger partial charge in [-0.3, -0.25) is 4.79 Å². The molecule has 2 amide bonds. The second-order valence-corrected chi connectivity index (χ2v) is 9.02. The van der Waals surface area contributed by atoms with E-state index >= 15 is 0 Å². The summed E-state index contributed by atoms with van der Waals surface area (Å²) in [6.07, 6.45) is -1.53. The van der Waals surface area contributed by atoms with Gasteiger partial charge in [0.25, 0.3) is 0 Å². The maximum absolute atomic E-state index is 13.3. The summed E-state index contributed by atoms with van der Waals surface area (Å²) in [7, 11) is 0. The van der Waals surface area contributed by atoms with Crippen molar-refractivity contribution < 1.29 is 37.1 Å². The molecule has 2 N–H and O–H groups in total. The van der Waals surface area contributed by atoms with Crippen molar-refractivity contribution in [3.05, 3.63) is 35.9 Å². The quantitative estimate of drug-likeness (QED) is 0.556. The van der Waals surface area contributed by atoms with Crippen LogP contribution in [0.15, 0.2) is 30.3 Å². The number of halogens is 3. The third kappa shape index (κ3) is 8.12. The minimum atomic E-state index is -5.35. The predicted molar refractivity (Wildman–Crippen MR) is 120 cm³/mol. The molecule has 1 aromatic rings. The van der Waals surface area contributed by atoms with E-state index in [2.05, 4.69) is 15.5 Å². The number of piperidine rings is 1. The van der Waals surface area contributed by atoms with Crippen LogP contribution in [0.4, 0.5) is 18.0 Å². The second kappa shape index (κ2) is 12.8. The highest BCUT2D eigenvalue weighted by molar-refractivity contribution is 5.86. The van der Waals surface area contributed by atoms with Crippen molar-refractivity contribution >= 4 is 18.0 Å². The van der Waals surface area contributed by atoms with Crippen LogP contribution in [-0.2, 0) is 25.8 Å². The lowest BCUT2D eigenvalue weighted by Gasteiger charge is -2.35. The van der Waals surface area contributed by atoms with E-state index in [-0.39, 0.29) is 17.6 Å². The third-order valence-corrected chi connectivity index (χ3v) is 6.44. The summed E-state index contributed by atoms with van der Waals surface area (Å²) in [5, 5.41) is 6.21. The van der Waals surface area contributed by atoms with E-state index in [1.807, 2.05) is 0 Å². The Morgan fingerprint density at radius 1 is 1.03 bits per heavy atom. The molecule has 8 nitrogen and oxygen atoms in total. The first-order valence-corrected chi connectivity index (χ1v) is 12.0. The summed E-state index contributed by atoms with van der Waals surface area (Å²) in [5.74, 6) is -3.49. The van der Waals surface area contributed by atoms with Crippen molar-refractivity contribution in [2.45, 2.75) is 63.8 Å². The number of amides is 2. The predicted octanol–water partition coefficient (Wildman–Crippen LogP) is 3.71. The maximum Gasteiger partial charge on any atom is 0.493 e. The molecule has 1 aromatic carbocycles. The molecule has 35 heavy (non-hydrogen) atoms. The summed E-state index contributed by atoms with van der Waals surface area (Å²) < 4.78 is 44.4. The molecule has 0 radical (unpaired) electrons. The molecule has 1 aliphatic heterocycles. The van der Waals surface area contributed by atoms with Crippen LogP contribution in [0.25, 0.3) is 0 Å². The highest BCUT2D eigenvalue weighted by Crippen LogP contribution is 2.31. The van der Waals surface area contributed by atoms with Crippen LogP contribution in [0.2, 0.25) is 0 Å². The van der Waals surface area contributed by atoms with Gasteiger partial charge in [0.2, 0.25) is 5.91 Å². The number of hydrogen-bond acceptors (Lipinski definition) is 6. The van der Waals surface area contributed by atoms with E-state index in [0.29, 0.717) is 24.9 Å². The van der Waals surface area contributed by atoms with Crippen molar-refractivity contribution in [2.75, 3.05) is 19.6 Å². The molecule has 1 aliphatic carbocycles. The lowest BCUT2D eigenvalue weighted by molar-refractivity contribution is -0.239. The fourth-order valence-electron chi connectivity index (χ4n) is 4.53. The molecule has 2 aliphatic rings. The molecule has 0 aromatic heterocycles. The van der Waals surface area contributed by atoms with Crippen LogP contribution in [0, 0.1) is 11.8 Å². The van der Waals surface area contributed by atoms with E-state index < -0.39 is 36.1 Å². The van der Waals surface area contributed by atoms with Crippen molar-refractivity contribution in [1.29, 1.82) is 0 Å². The Morgan fingerprint density at radius 3 is 2.31 bits per heavy atom. The molecule has 3 rings (SSSR count). The Kier molecular flexibility index (Phi) is 9.76. The number of hydrogen-bond donors (Lipinski definition) is 2. The van der Waals surface area contributed by atoms with Crippen molar-refractivity contribution in [3.8, 4) is 0 Å². The fourth-order valence-corrected chi connectivity index (χ4v) is 4.53. The minimum Gasteiger partial charge on any atom is -0.442 e. The van der Waals surface area contributed by atoms with Crippen LogP contribution in [0.3, 0.4) is 0 Å². The van der Waals surface area contributed by atoms with Gasteiger partial charge >= 0.3 is 18.2 Å². The molecule has 1 saturated heterocycles. The Bertz CT molecular complexity index is 841. The van der Waals surface area contributed by atoms with Crippen LogP contribution in [0.5, 0.6) is 0 Å². The molecular weight excluding hydrogens is 467 g/mol. The average molecular weight is 500 g/mol. The van der Waals surface area contributed by atoms with E-state index in [0.717, 1.165) is 45.2 Å². The Labute approximate surface area is 202 Å². The SMILES string of the molecule is O=C(NCC1CCNCC1)[C@H](C1CCCCC1)N(OC(=O)C(F)(F)F)C(=O)OCc1ccccc1. The monoisotopic (exact) mass is 499 g/mol. The molecule has 0 unspecified atom stereocenters. The van der Waals surface area contributed by atoms with Crippen LogP contribution < -0.4 is 10.6 Å². The number of nitrogens with zero attached hydrogens (tertiary/aromatic N) is 1. The number of carbonyl (C=O) groups is 3. The van der Waals surface area contributed by atoms with Crippen LogP contribution >= 0.6 is 0 Å². The zero-order chi connectivity index (χ0) is 25.3. The molecule has 0 spiro atoms. The normalized spacial score (nSPS) is 18.4. The van der Waals surface area contributed by atoms with Crippen LogP contribution in [0.1, 0.15) is 50.5 Å². The van der Waals surface area contributed by atoms with E-state index in [1.165, 1.54) is 0 Å². The van der Waals surface area contributed by atoms with Crippen molar-refractivity contribution in [1.82, 2.24) is 15.7 Å². The first kappa shape index (κ1) is 26.8. The summed E-state index contributed by atoms with van der Waals surface area (Å²) in [4.78, 5) is 42.5. The van der Waals surface area contributed by atoms with Gasteiger partial charge in [-0.1, -0.05) is 49.6 Å². The lowest BCUT2D eigenvalue weighted by Crippen LogP contribution is -2.56. The Balaban J connectivity index is 1.80. The summed E-state index contributed by atoms with van der Waals surface area (Å²) in [6, 6.07) is 7.10. The number of hydroxylamine groups is 2. The lowest BCUT2D eigenvalue weighted by atomic mass is 9.83. The molecule has 194 valence electrons. The maximum atomic E-state index is 13.3. The molecule has 2 fully saturated rings. The molecule has 1 heterocycles. The average Bonchev–Trinajstić information content (AvgIpc) is 2.87. The zero-order valence-electron chi connectivity index (χ0n) is 19.5. The summed E-state index contributed by atoms with van der Waals surface area (Å²) >= 11 is 0. The fraction of sp³-hybridized carbons (Fsp3) is 0.625. The molecule has 1 saturated carbocycles. The van der Waals surface area contributed by atoms with Gasteiger partial charge in [-0.05, 0) is 56.2 Å². The van der Waals surface area contributed by atoms with Gasteiger partial charge in [0, 0.05) is 6.54 Å². The molecule has 11 heteroatoms. The largest absolute Gasteiger partial charge is 0.493 e. The van der Waals surface area contributed by atoms with E-state index in [1.54, 1.807) is 30.3 Å². The van der Waals surface area contributed by atoms with Crippen molar-refractivity contribution in [2.24, 2.45) is 11.8 Å². The van der Waals surface area contributed by atoms with Crippen molar-refractivity contribution in [3.63, 3.8) is 0 Å². The highest BCUT2D eigenvalue weighted by Gasteiger charge is 2.47. The number of benzene rings is 1. The number of nitrogens with one attached hydrogen (secondary N) is 2. The molecule has 0 bridgehead atoms. The van der Waals surface area contributed by atoms with Gasteiger partial charge in [-0.2, -0.15) is 13.2 Å². The number of alkyl halides is 3. The van der Waals surface area contributed by atoms with Gasteiger partial charge in [0.05, 0.1) is 0 Å². The van der Waals surface area contributed by atoms with Gasteiger partial charge in [0.15, 0.2) is 6.04 Å². The minimum absolute atomic E-state index is 0.201. The first-order chi connectivity index (χ1) is 16.8. The van der Waals surface area contributed by atoms with Gasteiger partial charge in [-0.15, -0.1) is 5.06 Å². The second-order valence-electron chi connectivity index (χ2n) is 9.02. The summed E-state index contributed by atoms with van der Waals surface area (Å²) in [5.41, 5.74) is 0.590. The standard InChI is InChI=1S/C24H32F3N3O5/c25-24(26,27)22(32)35-30(23(33)34-16-18-7-3-1-4-8-18)20(19-9-5-2-6-10-19)21(31)29-15-17-11-13-28-14-12-17/h1,3-4,7-8,17,19-20,28H,2,5-6,9-16H2,(H,29,31)/t20-/m0/s1. The highest BCUT2D eigenvalue weighted by atomic mass is 19.4. The number of rotatable bonds is 7. The smallest absolute Gasteiger partial charge is 0.442 e. The van der Waals surface area contributed by atoms with Gasteiger partial charge in [0.1, 0.15) is 6.61 Å². The molecule has 1 atom stereocenters. The number of ether oxygens (including phenoxy) is 1. The van der Waals surface area contributed by atoms with Crippen LogP contribution in [-0.4, -0.2) is 54.9 Å².